The zero-order chi connectivity index (χ0) is 15.5. The summed E-state index contributed by atoms with van der Waals surface area (Å²) >= 11 is 1.53. The first-order valence-electron chi connectivity index (χ1n) is 6.54. The number of rotatable bonds is 4. The van der Waals surface area contributed by atoms with Gasteiger partial charge in [-0.05, 0) is 23.6 Å². The predicted molar refractivity (Wildman–Crippen MR) is 80.5 cm³/mol. The van der Waals surface area contributed by atoms with E-state index in [1.54, 1.807) is 18.4 Å². The smallest absolute Gasteiger partial charge is 0.328 e. The summed E-state index contributed by atoms with van der Waals surface area (Å²) in [4.78, 5) is 23.8. The van der Waals surface area contributed by atoms with Gasteiger partial charge >= 0.3 is 5.97 Å². The van der Waals surface area contributed by atoms with Crippen LogP contribution in [0.5, 0.6) is 0 Å². The van der Waals surface area contributed by atoms with Crippen molar-refractivity contribution in [3.63, 3.8) is 0 Å². The number of carbonyl (C=O) groups excluding carboxylic acids is 1. The molecule has 2 aromatic heterocycles. The van der Waals surface area contributed by atoms with Crippen molar-refractivity contribution < 1.29 is 19.1 Å². The number of nitrogens with zero attached hydrogens (tertiary/aromatic N) is 2. The largest absolute Gasteiger partial charge is 0.478 e. The van der Waals surface area contributed by atoms with Crippen molar-refractivity contribution in [1.29, 1.82) is 0 Å². The molecule has 3 heterocycles. The Balaban J connectivity index is 1.90. The van der Waals surface area contributed by atoms with Gasteiger partial charge in [0.25, 0.3) is 5.91 Å². The summed E-state index contributed by atoms with van der Waals surface area (Å²) in [6.07, 6.45) is 3.90. The van der Waals surface area contributed by atoms with Crippen LogP contribution in [0.1, 0.15) is 23.1 Å². The number of hydrogen-bond donors (Lipinski definition) is 1. The van der Waals surface area contributed by atoms with Crippen LogP contribution in [0.4, 0.5) is 0 Å². The molecule has 0 unspecified atom stereocenters. The van der Waals surface area contributed by atoms with E-state index in [1.165, 1.54) is 16.3 Å². The zero-order valence-electron chi connectivity index (χ0n) is 11.4. The molecule has 2 aromatic rings. The molecule has 22 heavy (non-hydrogen) atoms. The second-order valence-electron chi connectivity index (χ2n) is 4.61. The second kappa shape index (κ2) is 5.98. The second-order valence-corrected chi connectivity index (χ2v) is 5.59. The van der Waals surface area contributed by atoms with Crippen LogP contribution in [0.2, 0.25) is 0 Å². The highest BCUT2D eigenvalue weighted by molar-refractivity contribution is 7.10. The molecule has 7 heteroatoms. The topological polar surface area (TPSA) is 83.1 Å². The van der Waals surface area contributed by atoms with Gasteiger partial charge in [-0.25, -0.2) is 9.80 Å². The summed E-state index contributed by atoms with van der Waals surface area (Å²) in [5.41, 5.74) is 0.667. The van der Waals surface area contributed by atoms with Gasteiger partial charge in [-0.3, -0.25) is 4.79 Å². The molecule has 0 bridgehead atoms. The van der Waals surface area contributed by atoms with Crippen LogP contribution in [0.15, 0.2) is 57.6 Å². The summed E-state index contributed by atoms with van der Waals surface area (Å²) in [6.45, 7) is 0. The Morgan fingerprint density at radius 3 is 2.86 bits per heavy atom. The highest BCUT2D eigenvalue weighted by atomic mass is 32.1. The molecule has 0 saturated carbocycles. The van der Waals surface area contributed by atoms with E-state index in [-0.39, 0.29) is 6.04 Å². The standard InChI is InChI=1S/C15H12N2O4S/c18-14(5-6-15(19)20)17-11(13-4-2-8-22-13)9-10(16-17)12-3-1-7-21-12/h1-8,11H,9H2,(H,19,20)/b6-5+/t11-/m0/s1. The number of hydrazone groups is 1. The highest BCUT2D eigenvalue weighted by Crippen LogP contribution is 2.35. The Bertz CT molecular complexity index is 732. The van der Waals surface area contributed by atoms with Crippen LogP contribution < -0.4 is 0 Å². The minimum absolute atomic E-state index is 0.244. The van der Waals surface area contributed by atoms with Crippen LogP contribution in [-0.2, 0) is 9.59 Å². The Hall–Kier alpha value is -2.67. The molecule has 1 aliphatic heterocycles. The summed E-state index contributed by atoms with van der Waals surface area (Å²) in [7, 11) is 0. The zero-order valence-corrected chi connectivity index (χ0v) is 12.2. The van der Waals surface area contributed by atoms with E-state index in [2.05, 4.69) is 5.10 Å². The summed E-state index contributed by atoms with van der Waals surface area (Å²) in [5, 5.41) is 16.2. The summed E-state index contributed by atoms with van der Waals surface area (Å²) in [5.74, 6) is -1.03. The quantitative estimate of drug-likeness (QED) is 0.879. The fourth-order valence-corrected chi connectivity index (χ4v) is 3.04. The van der Waals surface area contributed by atoms with Crippen molar-refractivity contribution in [3.05, 3.63) is 58.7 Å². The molecule has 1 atom stereocenters. The van der Waals surface area contributed by atoms with Gasteiger partial charge in [0.15, 0.2) is 0 Å². The highest BCUT2D eigenvalue weighted by Gasteiger charge is 2.33. The molecule has 0 saturated heterocycles. The lowest BCUT2D eigenvalue weighted by atomic mass is 10.1. The van der Waals surface area contributed by atoms with Gasteiger partial charge in [0.05, 0.1) is 12.3 Å². The van der Waals surface area contributed by atoms with Gasteiger partial charge in [0.2, 0.25) is 0 Å². The van der Waals surface area contributed by atoms with Gasteiger partial charge in [-0.2, -0.15) is 5.10 Å². The first kappa shape index (κ1) is 14.3. The van der Waals surface area contributed by atoms with Crippen LogP contribution in [0.3, 0.4) is 0 Å². The van der Waals surface area contributed by atoms with Crippen molar-refractivity contribution in [2.75, 3.05) is 0 Å². The maximum absolute atomic E-state index is 12.2. The van der Waals surface area contributed by atoms with Crippen LogP contribution in [0.25, 0.3) is 0 Å². The van der Waals surface area contributed by atoms with Crippen LogP contribution >= 0.6 is 11.3 Å². The molecule has 0 aromatic carbocycles. The van der Waals surface area contributed by atoms with Gasteiger partial charge in [-0.1, -0.05) is 6.07 Å². The number of carbonyl (C=O) groups is 2. The molecule has 0 fully saturated rings. The molecule has 6 nitrogen and oxygen atoms in total. The fraction of sp³-hybridized carbons (Fsp3) is 0.133. The molecule has 1 aliphatic rings. The van der Waals surface area contributed by atoms with Crippen molar-refractivity contribution in [2.24, 2.45) is 5.10 Å². The molecule has 1 amide bonds. The first-order chi connectivity index (χ1) is 10.6. The molecular weight excluding hydrogens is 304 g/mol. The normalized spacial score (nSPS) is 17.9. The van der Waals surface area contributed by atoms with E-state index in [1.807, 2.05) is 17.5 Å². The number of carboxylic acids is 1. The Labute approximate surface area is 130 Å². The average Bonchev–Trinajstić information content (AvgIpc) is 3.23. The Kier molecular flexibility index (Phi) is 3.88. The van der Waals surface area contributed by atoms with Gasteiger partial charge in [0.1, 0.15) is 11.5 Å². The van der Waals surface area contributed by atoms with E-state index in [9.17, 15) is 9.59 Å². The molecule has 0 aliphatic carbocycles. The molecular formula is C15H12N2O4S. The Morgan fingerprint density at radius 1 is 1.36 bits per heavy atom. The van der Waals surface area contributed by atoms with Crippen LogP contribution in [-0.4, -0.2) is 27.7 Å². The third kappa shape index (κ3) is 2.84. The lowest BCUT2D eigenvalue weighted by molar-refractivity contribution is -0.132. The number of carboxylic acid groups (broad SMARTS) is 1. The molecule has 0 spiro atoms. The first-order valence-corrected chi connectivity index (χ1v) is 7.42. The van der Waals surface area contributed by atoms with Gasteiger partial charge < -0.3 is 9.52 Å². The number of furan rings is 1. The maximum atomic E-state index is 12.2. The van der Waals surface area contributed by atoms with Gasteiger partial charge in [0, 0.05) is 23.5 Å². The van der Waals surface area contributed by atoms with Crippen molar-refractivity contribution in [2.45, 2.75) is 12.5 Å². The molecule has 0 radical (unpaired) electrons. The number of amides is 1. The van der Waals surface area contributed by atoms with E-state index in [4.69, 9.17) is 9.52 Å². The lowest BCUT2D eigenvalue weighted by Crippen LogP contribution is -2.24. The maximum Gasteiger partial charge on any atom is 0.328 e. The Morgan fingerprint density at radius 2 is 2.23 bits per heavy atom. The van der Waals surface area contributed by atoms with Crippen LogP contribution in [0, 0.1) is 0 Å². The summed E-state index contributed by atoms with van der Waals surface area (Å²) in [6, 6.07) is 7.13. The molecule has 1 N–H and O–H groups in total. The fourth-order valence-electron chi connectivity index (χ4n) is 2.23. The minimum atomic E-state index is -1.17. The number of thiophene rings is 1. The van der Waals surface area contributed by atoms with E-state index in [0.717, 1.165) is 17.0 Å². The van der Waals surface area contributed by atoms with E-state index >= 15 is 0 Å². The monoisotopic (exact) mass is 316 g/mol. The average molecular weight is 316 g/mol. The molecule has 3 rings (SSSR count). The predicted octanol–water partition coefficient (Wildman–Crippen LogP) is 2.66. The third-order valence-corrected chi connectivity index (χ3v) is 4.16. The third-order valence-electron chi connectivity index (χ3n) is 3.18. The lowest BCUT2D eigenvalue weighted by Gasteiger charge is -2.18. The minimum Gasteiger partial charge on any atom is -0.478 e. The summed E-state index contributed by atoms with van der Waals surface area (Å²) < 4.78 is 5.33. The van der Waals surface area contributed by atoms with Gasteiger partial charge in [-0.15, -0.1) is 11.3 Å². The van der Waals surface area contributed by atoms with Crippen molar-refractivity contribution >= 4 is 28.9 Å². The van der Waals surface area contributed by atoms with Crippen molar-refractivity contribution in [3.8, 4) is 0 Å². The van der Waals surface area contributed by atoms with Crippen molar-refractivity contribution in [1.82, 2.24) is 5.01 Å². The molecule has 112 valence electrons. The van der Waals surface area contributed by atoms with E-state index < -0.39 is 11.9 Å². The number of hydrogen-bond acceptors (Lipinski definition) is 5. The SMILES string of the molecule is O=C(O)/C=C/C(=O)N1N=C(c2ccco2)C[C@H]1c1cccs1. The number of aliphatic carboxylic acids is 1. The van der Waals surface area contributed by atoms with E-state index in [0.29, 0.717) is 17.9 Å².